The zero-order valence-corrected chi connectivity index (χ0v) is 9.17. The number of hydrogen-bond acceptors (Lipinski definition) is 4. The van der Waals surface area contributed by atoms with Crippen molar-refractivity contribution in [1.82, 2.24) is 0 Å². The Kier molecular flexibility index (Phi) is 3.60. The van der Waals surface area contributed by atoms with Crippen molar-refractivity contribution in [3.05, 3.63) is 46.0 Å². The number of esters is 1. The maximum atomic E-state index is 11.6. The topological polar surface area (TPSA) is 69.4 Å². The summed E-state index contributed by atoms with van der Waals surface area (Å²) in [5.41, 5.74) is -1.52. The highest BCUT2D eigenvalue weighted by Crippen LogP contribution is 2.25. The van der Waals surface area contributed by atoms with Crippen molar-refractivity contribution in [1.29, 1.82) is 0 Å². The van der Waals surface area contributed by atoms with Gasteiger partial charge in [0.25, 0.3) is 0 Å². The molecule has 0 aromatic heterocycles. The molecule has 0 radical (unpaired) electrons. The van der Waals surface area contributed by atoms with Crippen molar-refractivity contribution < 1.29 is 14.5 Å². The van der Waals surface area contributed by atoms with Gasteiger partial charge in [0, 0.05) is 17.4 Å². The Hall–Kier alpha value is -1.91. The summed E-state index contributed by atoms with van der Waals surface area (Å²) in [7, 11) is 0. The van der Waals surface area contributed by atoms with Crippen molar-refractivity contribution in [2.24, 2.45) is 0 Å². The zero-order chi connectivity index (χ0) is 12.2. The predicted molar refractivity (Wildman–Crippen MR) is 57.4 cm³/mol. The predicted octanol–water partition coefficient (Wildman–Crippen LogP) is 1.74. The zero-order valence-electron chi connectivity index (χ0n) is 9.17. The van der Waals surface area contributed by atoms with E-state index in [1.54, 1.807) is 37.3 Å². The van der Waals surface area contributed by atoms with Crippen LogP contribution in [0.3, 0.4) is 0 Å². The van der Waals surface area contributed by atoms with Gasteiger partial charge in [-0.15, -0.1) is 0 Å². The first-order valence-corrected chi connectivity index (χ1v) is 4.90. The summed E-state index contributed by atoms with van der Waals surface area (Å²) in [6.45, 7) is 2.98. The number of ether oxygens (including phenoxy) is 1. The quantitative estimate of drug-likeness (QED) is 0.443. The minimum atomic E-state index is -1.84. The molecule has 1 atom stereocenters. The van der Waals surface area contributed by atoms with Crippen LogP contribution < -0.4 is 0 Å². The number of carbonyl (C=O) groups is 1. The highest BCUT2D eigenvalue weighted by atomic mass is 16.6. The first-order chi connectivity index (χ1) is 7.53. The van der Waals surface area contributed by atoms with Gasteiger partial charge in [0.1, 0.15) is 0 Å². The second-order valence-electron chi connectivity index (χ2n) is 3.42. The molecule has 0 N–H and O–H groups in total. The van der Waals surface area contributed by atoms with Gasteiger partial charge in [-0.1, -0.05) is 30.3 Å². The summed E-state index contributed by atoms with van der Waals surface area (Å²) < 4.78 is 4.74. The van der Waals surface area contributed by atoms with E-state index in [9.17, 15) is 14.9 Å². The van der Waals surface area contributed by atoms with E-state index >= 15 is 0 Å². The normalized spacial score (nSPS) is 13.9. The van der Waals surface area contributed by atoms with E-state index in [1.165, 1.54) is 6.92 Å². The lowest BCUT2D eigenvalue weighted by atomic mass is 9.93. The second-order valence-corrected chi connectivity index (χ2v) is 3.42. The fraction of sp³-hybridized carbons (Fsp3) is 0.364. The molecule has 0 aliphatic carbocycles. The third kappa shape index (κ3) is 2.03. The lowest BCUT2D eigenvalue weighted by molar-refractivity contribution is -0.559. The molecule has 1 aromatic rings. The van der Waals surface area contributed by atoms with E-state index in [4.69, 9.17) is 4.74 Å². The Morgan fingerprint density at radius 1 is 1.44 bits per heavy atom. The van der Waals surface area contributed by atoms with Gasteiger partial charge in [-0.2, -0.15) is 0 Å². The van der Waals surface area contributed by atoms with Crippen molar-refractivity contribution in [3.63, 3.8) is 0 Å². The van der Waals surface area contributed by atoms with Crippen LogP contribution in [0.4, 0.5) is 0 Å². The molecule has 0 fully saturated rings. The molecule has 0 aliphatic heterocycles. The summed E-state index contributed by atoms with van der Waals surface area (Å²) in [4.78, 5) is 22.1. The number of hydrogen-bond donors (Lipinski definition) is 0. The van der Waals surface area contributed by atoms with Crippen LogP contribution in [-0.4, -0.2) is 17.5 Å². The summed E-state index contributed by atoms with van der Waals surface area (Å²) in [5.74, 6) is -0.841. The monoisotopic (exact) mass is 223 g/mol. The van der Waals surface area contributed by atoms with Crippen molar-refractivity contribution in [2.45, 2.75) is 19.4 Å². The second kappa shape index (κ2) is 4.74. The van der Waals surface area contributed by atoms with E-state index in [0.29, 0.717) is 5.56 Å². The maximum absolute atomic E-state index is 11.6. The summed E-state index contributed by atoms with van der Waals surface area (Å²) in [6, 6.07) is 8.11. The van der Waals surface area contributed by atoms with E-state index in [1.807, 2.05) is 0 Å². The highest BCUT2D eigenvalue weighted by Gasteiger charge is 2.49. The maximum Gasteiger partial charge on any atom is 0.389 e. The minimum Gasteiger partial charge on any atom is -0.460 e. The summed E-state index contributed by atoms with van der Waals surface area (Å²) >= 11 is 0. The van der Waals surface area contributed by atoms with Gasteiger partial charge in [0.2, 0.25) is 0 Å². The molecule has 0 saturated heterocycles. The van der Waals surface area contributed by atoms with Crippen molar-refractivity contribution in [2.75, 3.05) is 6.61 Å². The Bertz CT molecular complexity index is 390. The van der Waals surface area contributed by atoms with E-state index < -0.39 is 16.4 Å². The van der Waals surface area contributed by atoms with E-state index in [0.717, 1.165) is 0 Å². The molecule has 86 valence electrons. The molecule has 0 amide bonds. The van der Waals surface area contributed by atoms with Gasteiger partial charge in [0.15, 0.2) is 0 Å². The van der Waals surface area contributed by atoms with Crippen molar-refractivity contribution >= 4 is 5.97 Å². The lowest BCUT2D eigenvalue weighted by Gasteiger charge is -2.18. The molecule has 1 rings (SSSR count). The molecule has 5 nitrogen and oxygen atoms in total. The molecule has 0 unspecified atom stereocenters. The van der Waals surface area contributed by atoms with Crippen LogP contribution in [0.1, 0.15) is 19.4 Å². The first kappa shape index (κ1) is 12.2. The fourth-order valence-corrected chi connectivity index (χ4v) is 1.33. The van der Waals surface area contributed by atoms with Crippen LogP contribution in [0.5, 0.6) is 0 Å². The number of carbonyl (C=O) groups excluding carboxylic acids is 1. The molecule has 5 heteroatoms. The van der Waals surface area contributed by atoms with Crippen LogP contribution in [-0.2, 0) is 15.1 Å². The molecule has 16 heavy (non-hydrogen) atoms. The Balaban J connectivity index is 3.17. The largest absolute Gasteiger partial charge is 0.460 e. The van der Waals surface area contributed by atoms with Crippen molar-refractivity contribution in [3.8, 4) is 0 Å². The van der Waals surface area contributed by atoms with Gasteiger partial charge < -0.3 is 4.74 Å². The van der Waals surface area contributed by atoms with Crippen LogP contribution in [0.15, 0.2) is 30.3 Å². The van der Waals surface area contributed by atoms with E-state index in [-0.39, 0.29) is 6.61 Å². The molecule has 0 heterocycles. The Morgan fingerprint density at radius 2 is 2.00 bits per heavy atom. The third-order valence-electron chi connectivity index (χ3n) is 2.37. The average molecular weight is 223 g/mol. The first-order valence-electron chi connectivity index (χ1n) is 4.90. The van der Waals surface area contributed by atoms with Crippen LogP contribution in [0, 0.1) is 10.1 Å². The molecular weight excluding hydrogens is 210 g/mol. The van der Waals surface area contributed by atoms with Crippen LogP contribution >= 0.6 is 0 Å². The number of nitrogens with zero attached hydrogens (tertiary/aromatic N) is 1. The SMILES string of the molecule is CCOC(=O)[C@@](C)(c1ccccc1)[N+](=O)[O-]. The van der Waals surface area contributed by atoms with Crippen LogP contribution in [0.2, 0.25) is 0 Å². The molecule has 1 aromatic carbocycles. The van der Waals surface area contributed by atoms with Gasteiger partial charge in [-0.3, -0.25) is 10.1 Å². The molecule has 0 bridgehead atoms. The number of nitro groups is 1. The number of benzene rings is 1. The molecule has 0 aliphatic rings. The average Bonchev–Trinajstić information content (AvgIpc) is 2.29. The van der Waals surface area contributed by atoms with Gasteiger partial charge in [-0.05, 0) is 6.92 Å². The minimum absolute atomic E-state index is 0.120. The molecule has 0 spiro atoms. The Morgan fingerprint density at radius 3 is 2.44 bits per heavy atom. The summed E-state index contributed by atoms with van der Waals surface area (Å²) in [6.07, 6.45) is 0. The van der Waals surface area contributed by atoms with E-state index in [2.05, 4.69) is 0 Å². The fourth-order valence-electron chi connectivity index (χ4n) is 1.33. The highest BCUT2D eigenvalue weighted by molar-refractivity contribution is 5.80. The molecule has 0 saturated carbocycles. The van der Waals surface area contributed by atoms with Gasteiger partial charge >= 0.3 is 11.5 Å². The lowest BCUT2D eigenvalue weighted by Crippen LogP contribution is -2.41. The molecular formula is C11H13NO4. The van der Waals surface area contributed by atoms with Crippen LogP contribution in [0.25, 0.3) is 0 Å². The standard InChI is InChI=1S/C11H13NO4/c1-3-16-10(13)11(2,12(14)15)9-7-5-4-6-8-9/h4-8H,3H2,1-2H3/t11-/m1/s1. The third-order valence-corrected chi connectivity index (χ3v) is 2.37. The van der Waals surface area contributed by atoms with Gasteiger partial charge in [0.05, 0.1) is 6.61 Å². The van der Waals surface area contributed by atoms with Gasteiger partial charge in [-0.25, -0.2) is 4.79 Å². The smallest absolute Gasteiger partial charge is 0.389 e. The summed E-state index contributed by atoms with van der Waals surface area (Å²) in [5, 5.41) is 11.0. The Labute approximate surface area is 93.2 Å². The number of rotatable bonds is 4.